The summed E-state index contributed by atoms with van der Waals surface area (Å²) in [4.78, 5) is 26.3. The van der Waals surface area contributed by atoms with Gasteiger partial charge < -0.3 is 64.9 Å². The van der Waals surface area contributed by atoms with Crippen LogP contribution in [-0.2, 0) is 20.8 Å². The first kappa shape index (κ1) is 29.3. The van der Waals surface area contributed by atoms with E-state index in [1.165, 1.54) is 12.1 Å². The number of fused-ring (bicyclic) bond motifs is 2. The van der Waals surface area contributed by atoms with Crippen molar-refractivity contribution in [1.82, 2.24) is 0 Å². The summed E-state index contributed by atoms with van der Waals surface area (Å²) >= 11 is 0. The lowest BCUT2D eigenvalue weighted by molar-refractivity contribution is -0.307. The van der Waals surface area contributed by atoms with E-state index >= 15 is 0 Å². The van der Waals surface area contributed by atoms with Crippen LogP contribution in [0, 0.1) is 0 Å². The van der Waals surface area contributed by atoms with E-state index < -0.39 is 97.2 Å². The first-order chi connectivity index (χ1) is 19.4. The molecular formula is C26H28O15. The average Bonchev–Trinajstić information content (AvgIpc) is 2.95. The van der Waals surface area contributed by atoms with Gasteiger partial charge in [0.25, 0.3) is 0 Å². The largest absolute Gasteiger partial charge is 0.508 e. The van der Waals surface area contributed by atoms with Crippen molar-refractivity contribution in [3.8, 4) is 17.2 Å². The lowest BCUT2D eigenvalue weighted by atomic mass is 9.82. The molecule has 9 atom stereocenters. The number of ketones is 2. The van der Waals surface area contributed by atoms with Gasteiger partial charge in [0.1, 0.15) is 60.0 Å². The number of phenols is 2. The van der Waals surface area contributed by atoms with Crippen LogP contribution in [0.5, 0.6) is 17.2 Å². The molecule has 2 aromatic carbocycles. The monoisotopic (exact) mass is 580 g/mol. The van der Waals surface area contributed by atoms with Crippen molar-refractivity contribution in [2.45, 2.75) is 61.9 Å². The predicted molar refractivity (Wildman–Crippen MR) is 130 cm³/mol. The number of carbonyl (C=O) groups is 2. The van der Waals surface area contributed by atoms with E-state index in [0.717, 1.165) is 12.1 Å². The normalized spacial score (nSPS) is 33.3. The molecule has 41 heavy (non-hydrogen) atoms. The fraction of sp³-hybridized carbons (Fsp3) is 0.462. The van der Waals surface area contributed by atoms with Crippen molar-refractivity contribution in [2.24, 2.45) is 0 Å². The van der Waals surface area contributed by atoms with Crippen LogP contribution in [0.1, 0.15) is 37.4 Å². The summed E-state index contributed by atoms with van der Waals surface area (Å²) in [7, 11) is 0. The number of rotatable bonds is 6. The maximum atomic E-state index is 13.2. The van der Waals surface area contributed by atoms with Gasteiger partial charge in [-0.3, -0.25) is 9.59 Å². The summed E-state index contributed by atoms with van der Waals surface area (Å²) < 4.78 is 21.7. The molecule has 15 nitrogen and oxygen atoms in total. The Labute approximate surface area is 231 Å². The summed E-state index contributed by atoms with van der Waals surface area (Å²) in [6, 6.07) is 4.53. The van der Waals surface area contributed by atoms with E-state index in [1.807, 2.05) is 0 Å². The van der Waals surface area contributed by atoms with Gasteiger partial charge in [0, 0.05) is 16.7 Å². The molecule has 2 aliphatic heterocycles. The first-order valence-electron chi connectivity index (χ1n) is 12.5. The third-order valence-electron chi connectivity index (χ3n) is 7.28. The molecule has 0 unspecified atom stereocenters. The summed E-state index contributed by atoms with van der Waals surface area (Å²) in [6.07, 6.45) is -14.7. The van der Waals surface area contributed by atoms with Crippen LogP contribution in [0.2, 0.25) is 0 Å². The lowest BCUT2D eigenvalue weighted by Crippen LogP contribution is -2.61. The minimum atomic E-state index is -1.89. The molecule has 3 aliphatic rings. The molecule has 0 saturated carbocycles. The zero-order valence-electron chi connectivity index (χ0n) is 21.1. The number of hydrogen-bond donors (Lipinski definition) is 9. The smallest absolute Gasteiger partial charge is 0.229 e. The van der Waals surface area contributed by atoms with Gasteiger partial charge in [0.2, 0.25) is 6.29 Å². The highest BCUT2D eigenvalue weighted by atomic mass is 16.7. The van der Waals surface area contributed by atoms with Crippen LogP contribution in [0.4, 0.5) is 0 Å². The SMILES string of the molecule is O=C1c2cc(O)ccc2C(=O)c2c1cc(O[C@@H]1O[C@H](CO[C@@H]3OC[C@@H](O)[C@@H](O)[C@H]3O)[C@@H](O)[C@H](O)[C@H]1O)c(CO)c2O. The number of ether oxygens (including phenoxy) is 4. The molecule has 1 aliphatic carbocycles. The first-order valence-corrected chi connectivity index (χ1v) is 12.5. The van der Waals surface area contributed by atoms with E-state index in [9.17, 15) is 55.5 Å². The molecule has 0 amide bonds. The van der Waals surface area contributed by atoms with E-state index in [0.29, 0.717) is 0 Å². The van der Waals surface area contributed by atoms with Crippen molar-refractivity contribution in [1.29, 1.82) is 0 Å². The zero-order valence-corrected chi connectivity index (χ0v) is 21.1. The van der Waals surface area contributed by atoms with Gasteiger partial charge >= 0.3 is 0 Å². The number of aromatic hydroxyl groups is 2. The Morgan fingerprint density at radius 1 is 0.805 bits per heavy atom. The van der Waals surface area contributed by atoms with Gasteiger partial charge in [-0.15, -0.1) is 0 Å². The molecule has 2 saturated heterocycles. The molecule has 222 valence electrons. The van der Waals surface area contributed by atoms with Crippen molar-refractivity contribution in [2.75, 3.05) is 13.2 Å². The molecule has 0 aromatic heterocycles. The van der Waals surface area contributed by atoms with E-state index in [4.69, 9.17) is 18.9 Å². The Kier molecular flexibility index (Phi) is 8.01. The highest BCUT2D eigenvalue weighted by Crippen LogP contribution is 2.41. The van der Waals surface area contributed by atoms with Gasteiger partial charge in [0.05, 0.1) is 30.9 Å². The number of carbonyl (C=O) groups excluding carboxylic acids is 2. The molecular weight excluding hydrogens is 552 g/mol. The van der Waals surface area contributed by atoms with E-state index in [2.05, 4.69) is 0 Å². The van der Waals surface area contributed by atoms with Gasteiger partial charge in [-0.2, -0.15) is 0 Å². The molecule has 0 bridgehead atoms. The van der Waals surface area contributed by atoms with Gasteiger partial charge in [0.15, 0.2) is 17.9 Å². The molecule has 2 fully saturated rings. The van der Waals surface area contributed by atoms with Crippen molar-refractivity contribution in [3.63, 3.8) is 0 Å². The minimum absolute atomic E-state index is 0.0757. The third kappa shape index (κ3) is 5.06. The Bertz CT molecular complexity index is 1340. The highest BCUT2D eigenvalue weighted by molar-refractivity contribution is 6.29. The van der Waals surface area contributed by atoms with Crippen molar-refractivity contribution < 1.29 is 74.5 Å². The van der Waals surface area contributed by atoms with Gasteiger partial charge in [-0.05, 0) is 24.3 Å². The molecule has 9 N–H and O–H groups in total. The number of aliphatic hydroxyl groups is 7. The summed E-state index contributed by atoms with van der Waals surface area (Å²) in [5, 5.41) is 91.4. The highest BCUT2D eigenvalue weighted by Gasteiger charge is 2.47. The van der Waals surface area contributed by atoms with Crippen LogP contribution in [-0.4, -0.2) is 126 Å². The van der Waals surface area contributed by atoms with Gasteiger partial charge in [-0.1, -0.05) is 0 Å². The molecule has 15 heteroatoms. The average molecular weight is 580 g/mol. The van der Waals surface area contributed by atoms with Crippen molar-refractivity contribution >= 4 is 11.6 Å². The topological polar surface area (TPSA) is 253 Å². The standard InChI is InChI=1S/C26H28O15/c27-5-12-14(4-11-16(19(12)32)18(31)9-2-1-8(28)3-10(9)17(11)30)40-26-24(37)22(35)21(34)15(41-26)7-39-25-23(36)20(33)13(29)6-38-25/h1-4,13,15,20-29,32-37H,5-7H2/t13-,15-,20-,21-,22+,23-,24-,25+,26-/m1/s1. The fourth-order valence-electron chi connectivity index (χ4n) is 4.94. The van der Waals surface area contributed by atoms with Crippen LogP contribution in [0.3, 0.4) is 0 Å². The maximum absolute atomic E-state index is 13.2. The molecule has 0 radical (unpaired) electrons. The summed E-state index contributed by atoms with van der Waals surface area (Å²) in [6.45, 7) is -1.81. The Morgan fingerprint density at radius 3 is 2.22 bits per heavy atom. The van der Waals surface area contributed by atoms with Crippen LogP contribution >= 0.6 is 0 Å². The van der Waals surface area contributed by atoms with Crippen LogP contribution < -0.4 is 4.74 Å². The van der Waals surface area contributed by atoms with Crippen LogP contribution in [0.25, 0.3) is 0 Å². The molecule has 5 rings (SSSR count). The Morgan fingerprint density at radius 2 is 1.51 bits per heavy atom. The van der Waals surface area contributed by atoms with Gasteiger partial charge in [-0.25, -0.2) is 0 Å². The maximum Gasteiger partial charge on any atom is 0.229 e. The number of aliphatic hydroxyl groups excluding tert-OH is 7. The van der Waals surface area contributed by atoms with E-state index in [-0.39, 0.29) is 34.6 Å². The fourth-order valence-corrected chi connectivity index (χ4v) is 4.94. The predicted octanol–water partition coefficient (Wildman–Crippen LogP) is -2.99. The zero-order chi connectivity index (χ0) is 29.7. The van der Waals surface area contributed by atoms with Crippen LogP contribution in [0.15, 0.2) is 24.3 Å². The Balaban J connectivity index is 1.40. The quantitative estimate of drug-likeness (QED) is 0.141. The summed E-state index contributed by atoms with van der Waals surface area (Å²) in [5.41, 5.74) is -1.29. The second-order valence-electron chi connectivity index (χ2n) is 9.89. The molecule has 2 heterocycles. The second kappa shape index (κ2) is 11.2. The molecule has 0 spiro atoms. The van der Waals surface area contributed by atoms with E-state index in [1.54, 1.807) is 0 Å². The number of benzene rings is 2. The number of phenolic OH excluding ortho intramolecular Hbond substituents is 1. The molecule has 2 aromatic rings. The summed E-state index contributed by atoms with van der Waals surface area (Å²) in [5.74, 6) is -2.95. The third-order valence-corrected chi connectivity index (χ3v) is 7.28. The minimum Gasteiger partial charge on any atom is -0.508 e. The Hall–Kier alpha value is -3.22. The number of hydrogen-bond acceptors (Lipinski definition) is 15. The van der Waals surface area contributed by atoms with Crippen molar-refractivity contribution in [3.05, 3.63) is 52.1 Å². The lowest BCUT2D eigenvalue weighted by Gasteiger charge is -2.41. The second-order valence-corrected chi connectivity index (χ2v) is 9.89.